The van der Waals surface area contributed by atoms with Gasteiger partial charge in [0.05, 0.1) is 12.5 Å². The summed E-state index contributed by atoms with van der Waals surface area (Å²) in [6.07, 6.45) is 1.66. The third kappa shape index (κ3) is 7.52. The molecule has 0 fully saturated rings. The van der Waals surface area contributed by atoms with E-state index in [9.17, 15) is 14.4 Å². The van der Waals surface area contributed by atoms with Gasteiger partial charge in [0, 0.05) is 11.5 Å². The SMILES string of the molecule is CCC(C)(C(C)C)C(C)(C(=O)OC)C(C)(C)C(C)(C)CC(c1ccc(OC(=O)COc2ccc3oc(=O)ccc3c2)cc1)C(C)(C)C(C)(C)C. The Morgan fingerprint density at radius 1 is 0.800 bits per heavy atom. The van der Waals surface area contributed by atoms with Crippen LogP contribution >= 0.6 is 0 Å². The first kappa shape index (κ1) is 40.8. The van der Waals surface area contributed by atoms with Gasteiger partial charge in [-0.2, -0.15) is 0 Å². The smallest absolute Gasteiger partial charge is 0.349 e. The van der Waals surface area contributed by atoms with E-state index in [0.29, 0.717) is 22.5 Å². The normalized spacial score (nSPS) is 16.0. The van der Waals surface area contributed by atoms with E-state index in [1.165, 1.54) is 13.2 Å². The quantitative estimate of drug-likeness (QED) is 0.0944. The summed E-state index contributed by atoms with van der Waals surface area (Å²) in [5, 5.41) is 0.694. The molecule has 0 saturated heterocycles. The maximum absolute atomic E-state index is 14.0. The Morgan fingerprint density at radius 2 is 1.38 bits per heavy atom. The zero-order valence-electron chi connectivity index (χ0n) is 33.3. The molecule has 0 spiro atoms. The molecule has 0 radical (unpaired) electrons. The molecular formula is C43H62O7. The van der Waals surface area contributed by atoms with Gasteiger partial charge in [-0.25, -0.2) is 9.59 Å². The van der Waals surface area contributed by atoms with E-state index in [1.807, 2.05) is 12.1 Å². The summed E-state index contributed by atoms with van der Waals surface area (Å²) >= 11 is 0. The molecule has 7 nitrogen and oxygen atoms in total. The van der Waals surface area contributed by atoms with Crippen LogP contribution in [0.25, 0.3) is 11.0 Å². The average Bonchev–Trinajstić information content (AvgIpc) is 3.04. The van der Waals surface area contributed by atoms with Gasteiger partial charge >= 0.3 is 17.6 Å². The molecule has 2 aromatic carbocycles. The standard InChI is InChI=1S/C43H62O7/c1-16-42(13,28(2)3)43(14,37(46)47-15)41(11,12)39(7,8)26-33(40(9,10)38(4,5)6)29-17-20-31(21-18-29)49-36(45)27-48-32-22-23-34-30(25-32)19-24-35(44)50-34/h17-25,28,33H,16,26-27H2,1-15H3. The number of methoxy groups -OCH3 is 1. The largest absolute Gasteiger partial charge is 0.482 e. The van der Waals surface area contributed by atoms with E-state index in [0.717, 1.165) is 18.4 Å². The highest BCUT2D eigenvalue weighted by Crippen LogP contribution is 2.66. The lowest BCUT2D eigenvalue weighted by Crippen LogP contribution is -2.60. The van der Waals surface area contributed by atoms with Crippen LogP contribution in [0.3, 0.4) is 0 Å². The third-order valence-electron chi connectivity index (χ3n) is 13.7. The summed E-state index contributed by atoms with van der Waals surface area (Å²) < 4.78 is 22.1. The molecule has 0 aliphatic heterocycles. The Balaban J connectivity index is 1.92. The van der Waals surface area contributed by atoms with E-state index in [2.05, 4.69) is 109 Å². The Morgan fingerprint density at radius 3 is 1.90 bits per heavy atom. The van der Waals surface area contributed by atoms with Crippen molar-refractivity contribution < 1.29 is 28.2 Å². The molecule has 0 saturated carbocycles. The van der Waals surface area contributed by atoms with Crippen LogP contribution < -0.4 is 15.1 Å². The second-order valence-electron chi connectivity index (χ2n) is 17.6. The van der Waals surface area contributed by atoms with Crippen LogP contribution in [0.1, 0.15) is 121 Å². The molecule has 1 aromatic heterocycles. The number of ether oxygens (including phenoxy) is 3. The molecule has 0 aliphatic rings. The minimum Gasteiger partial charge on any atom is -0.482 e. The number of hydrogen-bond donors (Lipinski definition) is 0. The number of benzene rings is 2. The van der Waals surface area contributed by atoms with Gasteiger partial charge in [0.25, 0.3) is 0 Å². The first-order chi connectivity index (χ1) is 22.9. The van der Waals surface area contributed by atoms with E-state index < -0.39 is 22.4 Å². The van der Waals surface area contributed by atoms with Crippen LogP contribution in [0.15, 0.2) is 63.8 Å². The van der Waals surface area contributed by atoms with E-state index in [-0.39, 0.29) is 46.1 Å². The van der Waals surface area contributed by atoms with Crippen molar-refractivity contribution in [2.24, 2.45) is 38.4 Å². The van der Waals surface area contributed by atoms with Gasteiger partial charge in [-0.05, 0) is 101 Å². The maximum Gasteiger partial charge on any atom is 0.349 e. The Hall–Kier alpha value is -3.61. The summed E-state index contributed by atoms with van der Waals surface area (Å²) in [5.41, 5.74) is -0.900. The number of carbonyl (C=O) groups is 2. The number of fused-ring (bicyclic) bond motifs is 1. The van der Waals surface area contributed by atoms with Crippen LogP contribution in [0.4, 0.5) is 0 Å². The van der Waals surface area contributed by atoms with Crippen molar-refractivity contribution in [1.29, 1.82) is 0 Å². The maximum atomic E-state index is 14.0. The summed E-state index contributed by atoms with van der Waals surface area (Å²) in [6.45, 7) is 31.3. The van der Waals surface area contributed by atoms with Crippen molar-refractivity contribution in [1.82, 2.24) is 0 Å². The fourth-order valence-corrected chi connectivity index (χ4v) is 7.71. The molecule has 50 heavy (non-hydrogen) atoms. The number of esters is 2. The van der Waals surface area contributed by atoms with Crippen LogP contribution in [-0.4, -0.2) is 25.7 Å². The Kier molecular flexibility index (Phi) is 11.9. The van der Waals surface area contributed by atoms with Gasteiger partial charge in [0.15, 0.2) is 6.61 Å². The van der Waals surface area contributed by atoms with Crippen molar-refractivity contribution >= 4 is 22.9 Å². The van der Waals surface area contributed by atoms with Crippen molar-refractivity contribution in [2.45, 2.75) is 116 Å². The molecule has 0 amide bonds. The number of carbonyl (C=O) groups excluding carboxylic acids is 2. The van der Waals surface area contributed by atoms with Crippen molar-refractivity contribution in [3.05, 3.63) is 70.6 Å². The molecule has 3 aromatic rings. The van der Waals surface area contributed by atoms with E-state index >= 15 is 0 Å². The molecule has 7 heteroatoms. The number of hydrogen-bond acceptors (Lipinski definition) is 7. The minimum absolute atomic E-state index is 0.0456. The van der Waals surface area contributed by atoms with Crippen molar-refractivity contribution in [3.8, 4) is 11.5 Å². The molecule has 3 atom stereocenters. The van der Waals surface area contributed by atoms with Crippen LogP contribution in [0.2, 0.25) is 0 Å². The predicted octanol–water partition coefficient (Wildman–Crippen LogP) is 10.6. The summed E-state index contributed by atoms with van der Waals surface area (Å²) in [6, 6.07) is 15.8. The molecule has 276 valence electrons. The van der Waals surface area contributed by atoms with Gasteiger partial charge in [0.2, 0.25) is 0 Å². The van der Waals surface area contributed by atoms with Crippen molar-refractivity contribution in [3.63, 3.8) is 0 Å². The van der Waals surface area contributed by atoms with Crippen molar-refractivity contribution in [2.75, 3.05) is 13.7 Å². The highest BCUT2D eigenvalue weighted by molar-refractivity contribution is 5.79. The predicted molar refractivity (Wildman–Crippen MR) is 202 cm³/mol. The summed E-state index contributed by atoms with van der Waals surface area (Å²) in [5.74, 6) is 0.570. The first-order valence-electron chi connectivity index (χ1n) is 18.0. The van der Waals surface area contributed by atoms with Crippen LogP contribution in [-0.2, 0) is 14.3 Å². The van der Waals surface area contributed by atoms with Gasteiger partial charge in [-0.15, -0.1) is 0 Å². The first-order valence-corrected chi connectivity index (χ1v) is 18.0. The zero-order chi connectivity index (χ0) is 38.1. The van der Waals surface area contributed by atoms with Gasteiger partial charge in [0.1, 0.15) is 17.1 Å². The molecule has 0 N–H and O–H groups in total. The minimum atomic E-state index is -0.777. The Bertz CT molecular complexity index is 1700. The van der Waals surface area contributed by atoms with E-state index in [1.54, 1.807) is 24.3 Å². The lowest BCUT2D eigenvalue weighted by atomic mass is 9.42. The third-order valence-corrected chi connectivity index (χ3v) is 13.7. The molecule has 0 aliphatic carbocycles. The van der Waals surface area contributed by atoms with Crippen LogP contribution in [0.5, 0.6) is 11.5 Å². The molecule has 3 rings (SSSR count). The topological polar surface area (TPSA) is 92.0 Å². The van der Waals surface area contributed by atoms with Gasteiger partial charge in [-0.3, -0.25) is 4.79 Å². The highest BCUT2D eigenvalue weighted by atomic mass is 16.6. The Labute approximate surface area is 300 Å². The van der Waals surface area contributed by atoms with Crippen LogP contribution in [0, 0.1) is 38.4 Å². The fourth-order valence-electron chi connectivity index (χ4n) is 7.71. The lowest BCUT2D eigenvalue weighted by molar-refractivity contribution is -0.194. The average molecular weight is 691 g/mol. The van der Waals surface area contributed by atoms with E-state index in [4.69, 9.17) is 18.6 Å². The molecule has 3 unspecified atom stereocenters. The molecular weight excluding hydrogens is 628 g/mol. The monoisotopic (exact) mass is 690 g/mol. The number of rotatable bonds is 14. The fraction of sp³-hybridized carbons (Fsp3) is 0.605. The summed E-state index contributed by atoms with van der Waals surface area (Å²) in [7, 11) is 1.51. The van der Waals surface area contributed by atoms with Gasteiger partial charge < -0.3 is 18.6 Å². The second-order valence-corrected chi connectivity index (χ2v) is 17.6. The molecule has 0 bridgehead atoms. The molecule has 1 heterocycles. The zero-order valence-corrected chi connectivity index (χ0v) is 33.3. The summed E-state index contributed by atoms with van der Waals surface area (Å²) in [4.78, 5) is 38.2. The highest BCUT2D eigenvalue weighted by Gasteiger charge is 2.64. The lowest BCUT2D eigenvalue weighted by Gasteiger charge is -2.61. The second kappa shape index (κ2) is 14.6. The van der Waals surface area contributed by atoms with Gasteiger partial charge in [-0.1, -0.05) is 102 Å².